The summed E-state index contributed by atoms with van der Waals surface area (Å²) in [7, 11) is 0. The van der Waals surface area contributed by atoms with E-state index < -0.39 is 0 Å². The first-order valence-electron chi connectivity index (χ1n) is 6.79. The van der Waals surface area contributed by atoms with E-state index in [9.17, 15) is 0 Å². The Labute approximate surface area is 134 Å². The number of halogens is 1. The molecule has 2 aromatic rings. The maximum atomic E-state index is 5.75. The fraction of sp³-hybridized carbons (Fsp3) is 0.667. The lowest BCUT2D eigenvalue weighted by Crippen LogP contribution is -2.39. The van der Waals surface area contributed by atoms with Crippen LogP contribution in [0.5, 0.6) is 0 Å². The fourth-order valence-corrected chi connectivity index (χ4v) is 4.41. The van der Waals surface area contributed by atoms with Crippen molar-refractivity contribution in [2.45, 2.75) is 37.5 Å². The summed E-state index contributed by atoms with van der Waals surface area (Å²) in [5.41, 5.74) is 0. The van der Waals surface area contributed by atoms with Crippen molar-refractivity contribution in [3.8, 4) is 0 Å². The molecule has 0 atom stereocenters. The molecule has 0 radical (unpaired) electrons. The predicted octanol–water partition coefficient (Wildman–Crippen LogP) is 2.49. The Bertz CT molecular complexity index is 581. The minimum Gasteiger partial charge on any atom is -0.357 e. The van der Waals surface area contributed by atoms with Crippen LogP contribution >= 0.6 is 33.9 Å². The smallest absolute Gasteiger partial charge is 0.214 e. The maximum Gasteiger partial charge on any atom is 0.214 e. The third kappa shape index (κ3) is 2.42. The molecule has 2 aromatic heterocycles. The molecule has 108 valence electrons. The summed E-state index contributed by atoms with van der Waals surface area (Å²) in [6.07, 6.45) is 5.97. The largest absolute Gasteiger partial charge is 0.357 e. The molecule has 0 aromatic carbocycles. The predicted molar refractivity (Wildman–Crippen MR) is 84.1 cm³/mol. The number of nitrogens with zero attached hydrogens (tertiary/aromatic N) is 3. The Morgan fingerprint density at radius 2 is 2.10 bits per heavy atom. The Morgan fingerprint density at radius 1 is 1.35 bits per heavy atom. The van der Waals surface area contributed by atoms with Crippen molar-refractivity contribution in [3.63, 3.8) is 0 Å². The molecule has 20 heavy (non-hydrogen) atoms. The quantitative estimate of drug-likeness (QED) is 0.777. The lowest BCUT2D eigenvalue weighted by Gasteiger charge is -2.35. The highest BCUT2D eigenvalue weighted by Gasteiger charge is 2.40. The van der Waals surface area contributed by atoms with E-state index in [2.05, 4.69) is 38.0 Å². The normalized spacial score (nSPS) is 22.9. The number of anilines is 1. The fourth-order valence-electron chi connectivity index (χ4n) is 2.89. The van der Waals surface area contributed by atoms with Crippen molar-refractivity contribution in [2.75, 3.05) is 18.5 Å². The molecular formula is C12H15IN4O2S. The van der Waals surface area contributed by atoms with E-state index in [1.54, 1.807) is 11.3 Å². The summed E-state index contributed by atoms with van der Waals surface area (Å²) in [6, 6.07) is 0.448. The molecule has 2 aliphatic rings. The van der Waals surface area contributed by atoms with E-state index in [0.29, 0.717) is 6.04 Å². The van der Waals surface area contributed by atoms with Crippen LogP contribution in [0.3, 0.4) is 0 Å². The molecule has 1 saturated carbocycles. The summed E-state index contributed by atoms with van der Waals surface area (Å²) in [5.74, 6) is -0.286. The average molecular weight is 406 g/mol. The van der Waals surface area contributed by atoms with Gasteiger partial charge in [-0.2, -0.15) is 0 Å². The van der Waals surface area contributed by atoms with Gasteiger partial charge in [0.25, 0.3) is 0 Å². The van der Waals surface area contributed by atoms with Crippen LogP contribution in [0.25, 0.3) is 4.96 Å². The first-order chi connectivity index (χ1) is 9.72. The molecule has 1 saturated heterocycles. The van der Waals surface area contributed by atoms with Crippen molar-refractivity contribution in [1.29, 1.82) is 0 Å². The third-order valence-corrected chi connectivity index (χ3v) is 5.28. The molecule has 1 aliphatic carbocycles. The van der Waals surface area contributed by atoms with E-state index in [0.717, 1.165) is 52.7 Å². The number of imidazole rings is 1. The highest BCUT2D eigenvalue weighted by Crippen LogP contribution is 2.36. The van der Waals surface area contributed by atoms with Crippen LogP contribution in [0, 0.1) is 3.70 Å². The monoisotopic (exact) mass is 406 g/mol. The van der Waals surface area contributed by atoms with Gasteiger partial charge in [-0.05, 0) is 35.4 Å². The standard InChI is InChI=1S/C12H15IN4O2S/c13-9-7-17-11(15-9)20-10(16-17)14-8-1-3-12(4-2-8)18-5-6-19-12/h7-8H,1-6H2,(H,14,16). The highest BCUT2D eigenvalue weighted by atomic mass is 127. The van der Waals surface area contributed by atoms with Crippen molar-refractivity contribution in [2.24, 2.45) is 0 Å². The van der Waals surface area contributed by atoms with E-state index in [1.165, 1.54) is 0 Å². The Balaban J connectivity index is 1.41. The number of hydrogen-bond donors (Lipinski definition) is 1. The number of ether oxygens (including phenoxy) is 2. The van der Waals surface area contributed by atoms with E-state index in [1.807, 2.05) is 10.7 Å². The van der Waals surface area contributed by atoms with Gasteiger partial charge in [-0.25, -0.2) is 9.50 Å². The summed E-state index contributed by atoms with van der Waals surface area (Å²) in [4.78, 5) is 5.35. The van der Waals surface area contributed by atoms with Crippen LogP contribution in [-0.4, -0.2) is 39.6 Å². The zero-order chi connectivity index (χ0) is 13.6. The Kier molecular flexibility index (Phi) is 3.36. The van der Waals surface area contributed by atoms with Crippen LogP contribution in [0.15, 0.2) is 6.20 Å². The number of fused-ring (bicyclic) bond motifs is 1. The van der Waals surface area contributed by atoms with Crippen molar-refractivity contribution < 1.29 is 9.47 Å². The lowest BCUT2D eigenvalue weighted by atomic mass is 9.90. The van der Waals surface area contributed by atoms with E-state index in [-0.39, 0.29) is 5.79 Å². The molecule has 1 spiro atoms. The molecule has 1 N–H and O–H groups in total. The second-order valence-electron chi connectivity index (χ2n) is 5.22. The first kappa shape index (κ1) is 13.2. The second-order valence-corrected chi connectivity index (χ2v) is 7.29. The van der Waals surface area contributed by atoms with Crippen molar-refractivity contribution in [3.05, 3.63) is 9.90 Å². The summed E-state index contributed by atoms with van der Waals surface area (Å²) < 4.78 is 14.3. The topological polar surface area (TPSA) is 60.7 Å². The summed E-state index contributed by atoms with van der Waals surface area (Å²) in [5, 5.41) is 8.97. The molecule has 0 unspecified atom stereocenters. The van der Waals surface area contributed by atoms with Gasteiger partial charge in [0.15, 0.2) is 5.79 Å². The van der Waals surface area contributed by atoms with Crippen LogP contribution in [-0.2, 0) is 9.47 Å². The minimum absolute atomic E-state index is 0.286. The van der Waals surface area contributed by atoms with Gasteiger partial charge in [-0.15, -0.1) is 5.10 Å². The van der Waals surface area contributed by atoms with Gasteiger partial charge < -0.3 is 14.8 Å². The van der Waals surface area contributed by atoms with Gasteiger partial charge in [-0.3, -0.25) is 0 Å². The molecule has 0 amide bonds. The summed E-state index contributed by atoms with van der Waals surface area (Å²) >= 11 is 3.80. The maximum absolute atomic E-state index is 5.75. The SMILES string of the molecule is Ic1cn2nc(NC3CCC4(CC3)OCCO4)sc2n1. The van der Waals surface area contributed by atoms with Crippen LogP contribution < -0.4 is 5.32 Å². The van der Waals surface area contributed by atoms with Crippen molar-refractivity contribution >= 4 is 44.0 Å². The zero-order valence-corrected chi connectivity index (χ0v) is 13.8. The average Bonchev–Trinajstić information content (AvgIpc) is 3.08. The van der Waals surface area contributed by atoms with Crippen LogP contribution in [0.1, 0.15) is 25.7 Å². The molecule has 8 heteroatoms. The second kappa shape index (κ2) is 5.08. The first-order valence-corrected chi connectivity index (χ1v) is 8.68. The highest BCUT2D eigenvalue weighted by molar-refractivity contribution is 14.1. The molecule has 1 aliphatic heterocycles. The third-order valence-electron chi connectivity index (χ3n) is 3.90. The van der Waals surface area contributed by atoms with Gasteiger partial charge in [0.05, 0.1) is 19.4 Å². The number of rotatable bonds is 2. The molecule has 3 heterocycles. The zero-order valence-electron chi connectivity index (χ0n) is 10.8. The molecule has 4 rings (SSSR count). The van der Waals surface area contributed by atoms with Gasteiger partial charge in [0, 0.05) is 18.9 Å². The minimum atomic E-state index is -0.286. The van der Waals surface area contributed by atoms with Crippen LogP contribution in [0.2, 0.25) is 0 Å². The van der Waals surface area contributed by atoms with E-state index in [4.69, 9.17) is 9.47 Å². The molecular weight excluding hydrogens is 391 g/mol. The lowest BCUT2D eigenvalue weighted by molar-refractivity contribution is -0.177. The van der Waals surface area contributed by atoms with E-state index >= 15 is 0 Å². The summed E-state index contributed by atoms with van der Waals surface area (Å²) in [6.45, 7) is 1.47. The number of nitrogens with one attached hydrogen (secondary N) is 1. The van der Waals surface area contributed by atoms with Gasteiger partial charge >= 0.3 is 0 Å². The van der Waals surface area contributed by atoms with Crippen LogP contribution in [0.4, 0.5) is 5.13 Å². The number of hydrogen-bond acceptors (Lipinski definition) is 6. The van der Waals surface area contributed by atoms with Crippen molar-refractivity contribution in [1.82, 2.24) is 14.6 Å². The molecule has 6 nitrogen and oxygen atoms in total. The number of aromatic nitrogens is 3. The molecule has 0 bridgehead atoms. The Morgan fingerprint density at radius 3 is 2.80 bits per heavy atom. The van der Waals surface area contributed by atoms with Gasteiger partial charge in [-0.1, -0.05) is 11.3 Å². The Hall–Kier alpha value is -0.450. The van der Waals surface area contributed by atoms with Gasteiger partial charge in [0.2, 0.25) is 10.1 Å². The molecule has 2 fully saturated rings. The van der Waals surface area contributed by atoms with Gasteiger partial charge in [0.1, 0.15) is 3.70 Å².